The van der Waals surface area contributed by atoms with Crippen LogP contribution in [0.15, 0.2) is 24.3 Å². The summed E-state index contributed by atoms with van der Waals surface area (Å²) in [6.45, 7) is 4.58. The van der Waals surface area contributed by atoms with Gasteiger partial charge in [-0.3, -0.25) is 4.79 Å². The van der Waals surface area contributed by atoms with Gasteiger partial charge in [-0.15, -0.1) is 12.4 Å². The number of likely N-dealkylation sites (tertiary alicyclic amines) is 1. The molecule has 0 aromatic heterocycles. The fourth-order valence-electron chi connectivity index (χ4n) is 4.44. The molecule has 2 fully saturated rings. The lowest BCUT2D eigenvalue weighted by Crippen LogP contribution is -2.44. The minimum absolute atomic E-state index is 0. The Balaban J connectivity index is 0.00000261. The zero-order chi connectivity index (χ0) is 18.4. The minimum Gasteiger partial charge on any atom is -0.494 e. The van der Waals surface area contributed by atoms with E-state index in [4.69, 9.17) is 10.5 Å². The number of halogens is 1. The van der Waals surface area contributed by atoms with E-state index < -0.39 is 0 Å². The normalized spacial score (nSPS) is 23.6. The second kappa shape index (κ2) is 10.9. The van der Waals surface area contributed by atoms with Crippen LogP contribution in [0.3, 0.4) is 0 Å². The van der Waals surface area contributed by atoms with E-state index in [9.17, 15) is 4.79 Å². The Morgan fingerprint density at radius 1 is 1.15 bits per heavy atom. The highest BCUT2D eigenvalue weighted by atomic mass is 35.5. The molecule has 152 valence electrons. The molecule has 1 aromatic carbocycles. The highest BCUT2D eigenvalue weighted by Crippen LogP contribution is 2.28. The Labute approximate surface area is 170 Å². The Bertz CT molecular complexity index is 570. The molecule has 0 bridgehead atoms. The van der Waals surface area contributed by atoms with Crippen molar-refractivity contribution in [2.45, 2.75) is 64.3 Å². The summed E-state index contributed by atoms with van der Waals surface area (Å²) in [5.41, 5.74) is 7.43. The number of hydrogen-bond donors (Lipinski definition) is 1. The van der Waals surface area contributed by atoms with E-state index in [1.807, 2.05) is 6.92 Å². The van der Waals surface area contributed by atoms with Crippen molar-refractivity contribution in [1.82, 2.24) is 4.90 Å². The van der Waals surface area contributed by atoms with Crippen molar-refractivity contribution >= 4 is 18.3 Å². The first-order chi connectivity index (χ1) is 12.7. The molecule has 1 amide bonds. The maximum absolute atomic E-state index is 12.7. The quantitative estimate of drug-likeness (QED) is 0.786. The van der Waals surface area contributed by atoms with Crippen LogP contribution < -0.4 is 10.5 Å². The van der Waals surface area contributed by atoms with Crippen LogP contribution in [0.5, 0.6) is 5.75 Å². The Morgan fingerprint density at radius 3 is 2.48 bits per heavy atom. The topological polar surface area (TPSA) is 55.6 Å². The molecule has 1 aliphatic carbocycles. The second-order valence-electron chi connectivity index (χ2n) is 8.01. The molecule has 1 heterocycles. The van der Waals surface area contributed by atoms with E-state index in [1.165, 1.54) is 12.0 Å². The van der Waals surface area contributed by atoms with E-state index >= 15 is 0 Å². The number of carbonyl (C=O) groups is 1. The molecule has 1 aromatic rings. The van der Waals surface area contributed by atoms with Crippen molar-refractivity contribution in [2.75, 3.05) is 19.7 Å². The maximum Gasteiger partial charge on any atom is 0.225 e. The van der Waals surface area contributed by atoms with Crippen LogP contribution in [-0.4, -0.2) is 36.5 Å². The van der Waals surface area contributed by atoms with E-state index in [0.29, 0.717) is 12.5 Å². The van der Waals surface area contributed by atoms with E-state index in [0.717, 1.165) is 69.7 Å². The van der Waals surface area contributed by atoms with Crippen LogP contribution in [0.2, 0.25) is 0 Å². The van der Waals surface area contributed by atoms with Gasteiger partial charge in [0.1, 0.15) is 5.75 Å². The van der Waals surface area contributed by atoms with Crippen molar-refractivity contribution in [2.24, 2.45) is 17.6 Å². The number of aryl methyl sites for hydroxylation is 1. The molecule has 2 atom stereocenters. The first-order valence-electron chi connectivity index (χ1n) is 10.4. The van der Waals surface area contributed by atoms with Gasteiger partial charge >= 0.3 is 0 Å². The summed E-state index contributed by atoms with van der Waals surface area (Å²) in [7, 11) is 0. The average molecular weight is 395 g/mol. The van der Waals surface area contributed by atoms with Gasteiger partial charge in [-0.25, -0.2) is 0 Å². The van der Waals surface area contributed by atoms with Crippen LogP contribution in [0.4, 0.5) is 0 Å². The molecule has 1 saturated heterocycles. The molecule has 27 heavy (non-hydrogen) atoms. The Kier molecular flexibility index (Phi) is 8.91. The van der Waals surface area contributed by atoms with Gasteiger partial charge in [0.2, 0.25) is 5.91 Å². The third-order valence-corrected chi connectivity index (χ3v) is 6.07. The summed E-state index contributed by atoms with van der Waals surface area (Å²) in [6, 6.07) is 8.71. The highest BCUT2D eigenvalue weighted by molar-refractivity contribution is 5.85. The average Bonchev–Trinajstić information content (AvgIpc) is 2.67. The lowest BCUT2D eigenvalue weighted by atomic mass is 9.84. The SMILES string of the molecule is CCOc1ccc(CCC2CCN(C(=O)C3CCCC(N)C3)CC2)cc1.Cl. The predicted octanol–water partition coefficient (Wildman–Crippen LogP) is 4.20. The van der Waals surface area contributed by atoms with Crippen molar-refractivity contribution in [3.05, 3.63) is 29.8 Å². The van der Waals surface area contributed by atoms with Gasteiger partial charge in [0.25, 0.3) is 0 Å². The Hall–Kier alpha value is -1.26. The zero-order valence-corrected chi connectivity index (χ0v) is 17.4. The number of hydrogen-bond acceptors (Lipinski definition) is 3. The zero-order valence-electron chi connectivity index (χ0n) is 16.6. The van der Waals surface area contributed by atoms with Crippen LogP contribution in [0.25, 0.3) is 0 Å². The van der Waals surface area contributed by atoms with Gasteiger partial charge in [-0.2, -0.15) is 0 Å². The molecule has 2 unspecified atom stereocenters. The summed E-state index contributed by atoms with van der Waals surface area (Å²) in [6.07, 6.45) is 8.71. The number of carbonyl (C=O) groups excluding carboxylic acids is 1. The lowest BCUT2D eigenvalue weighted by molar-refractivity contribution is -0.138. The molecular weight excluding hydrogens is 360 g/mol. The smallest absolute Gasteiger partial charge is 0.225 e. The monoisotopic (exact) mass is 394 g/mol. The summed E-state index contributed by atoms with van der Waals surface area (Å²) in [4.78, 5) is 14.8. The van der Waals surface area contributed by atoms with Gasteiger partial charge in [-0.1, -0.05) is 18.6 Å². The van der Waals surface area contributed by atoms with Crippen molar-refractivity contribution in [3.8, 4) is 5.75 Å². The summed E-state index contributed by atoms with van der Waals surface area (Å²) < 4.78 is 5.50. The molecule has 1 aliphatic heterocycles. The fraction of sp³-hybridized carbons (Fsp3) is 0.682. The minimum atomic E-state index is 0. The van der Waals surface area contributed by atoms with Gasteiger partial charge in [0.15, 0.2) is 0 Å². The van der Waals surface area contributed by atoms with Crippen molar-refractivity contribution in [1.29, 1.82) is 0 Å². The summed E-state index contributed by atoms with van der Waals surface area (Å²) in [5, 5.41) is 0. The van der Waals surface area contributed by atoms with Crippen molar-refractivity contribution in [3.63, 3.8) is 0 Å². The van der Waals surface area contributed by atoms with Crippen LogP contribution in [-0.2, 0) is 11.2 Å². The molecule has 3 rings (SSSR count). The van der Waals surface area contributed by atoms with Crippen LogP contribution in [0.1, 0.15) is 57.4 Å². The van der Waals surface area contributed by atoms with Gasteiger partial charge < -0.3 is 15.4 Å². The Morgan fingerprint density at radius 2 is 1.85 bits per heavy atom. The van der Waals surface area contributed by atoms with E-state index in [1.54, 1.807) is 0 Å². The molecule has 1 saturated carbocycles. The third-order valence-electron chi connectivity index (χ3n) is 6.07. The number of rotatable bonds is 6. The number of benzene rings is 1. The van der Waals surface area contributed by atoms with Gasteiger partial charge in [0.05, 0.1) is 6.61 Å². The first-order valence-corrected chi connectivity index (χ1v) is 10.4. The second-order valence-corrected chi connectivity index (χ2v) is 8.01. The summed E-state index contributed by atoms with van der Waals surface area (Å²) in [5.74, 6) is 2.23. The number of nitrogens with two attached hydrogens (primary N) is 1. The predicted molar refractivity (Wildman–Crippen MR) is 112 cm³/mol. The van der Waals surface area contributed by atoms with Gasteiger partial charge in [0, 0.05) is 25.0 Å². The molecule has 0 spiro atoms. The number of nitrogens with zero attached hydrogens (tertiary/aromatic N) is 1. The summed E-state index contributed by atoms with van der Waals surface area (Å²) >= 11 is 0. The largest absolute Gasteiger partial charge is 0.494 e. The van der Waals surface area contributed by atoms with Crippen LogP contribution in [0, 0.1) is 11.8 Å². The van der Waals surface area contributed by atoms with E-state index in [2.05, 4.69) is 29.2 Å². The first kappa shape index (κ1) is 22.0. The molecular formula is C22H35ClN2O2. The standard InChI is InChI=1S/C22H34N2O2.ClH/c1-2-26-21-10-8-17(9-11-21)6-7-18-12-14-24(15-13-18)22(25)19-4-3-5-20(23)16-19;/h8-11,18-20H,2-7,12-16,23H2,1H3;1H. The third kappa shape index (κ3) is 6.39. The molecule has 2 aliphatic rings. The van der Waals surface area contributed by atoms with Crippen LogP contribution >= 0.6 is 12.4 Å². The number of piperidine rings is 1. The highest BCUT2D eigenvalue weighted by Gasteiger charge is 2.31. The van der Waals surface area contributed by atoms with E-state index in [-0.39, 0.29) is 24.4 Å². The maximum atomic E-state index is 12.7. The number of amides is 1. The van der Waals surface area contributed by atoms with Gasteiger partial charge in [-0.05, 0) is 75.5 Å². The van der Waals surface area contributed by atoms with Crippen molar-refractivity contribution < 1.29 is 9.53 Å². The molecule has 2 N–H and O–H groups in total. The molecule has 4 nitrogen and oxygen atoms in total. The molecule has 0 radical (unpaired) electrons. The number of ether oxygens (including phenoxy) is 1. The molecule has 5 heteroatoms. The fourth-order valence-corrected chi connectivity index (χ4v) is 4.44. The lowest BCUT2D eigenvalue weighted by Gasteiger charge is -2.36.